The smallest absolute Gasteiger partial charge is 0.0411 e. The fraction of sp³-hybridized carbons (Fsp3) is 1.00. The largest absolute Gasteiger partial charge is 0.344 e. The van der Waals surface area contributed by atoms with Crippen molar-refractivity contribution >= 4 is 0 Å². The van der Waals surface area contributed by atoms with Crippen LogP contribution in [-0.4, -0.2) is 0 Å². The molecule has 0 saturated heterocycles. The van der Waals surface area contributed by atoms with Crippen LogP contribution in [0.4, 0.5) is 0 Å². The Kier molecular flexibility index (Phi) is 3.41. The van der Waals surface area contributed by atoms with Crippen molar-refractivity contribution < 1.29 is 0 Å². The average molecular weight is 89.2 g/mol. The van der Waals surface area contributed by atoms with Gasteiger partial charge in [-0.15, -0.1) is 0 Å². The molecule has 1 heteroatoms. The van der Waals surface area contributed by atoms with E-state index in [1.807, 2.05) is 0 Å². The molecule has 0 bridgehead atoms. The van der Waals surface area contributed by atoms with Crippen molar-refractivity contribution in [3.63, 3.8) is 0 Å². The van der Waals surface area contributed by atoms with Crippen molar-refractivity contribution in [1.29, 1.82) is 0 Å². The molecule has 0 atom stereocenters. The van der Waals surface area contributed by atoms with Crippen LogP contribution in [0.2, 0.25) is 0 Å². The van der Waals surface area contributed by atoms with Gasteiger partial charge in [0.15, 0.2) is 0 Å². The summed E-state index contributed by atoms with van der Waals surface area (Å²) in [6, 6.07) is 0. The Morgan fingerprint density at radius 1 is 0.833 bits per heavy atom. The number of rotatable bonds is 0. The molecule has 6 heavy (non-hydrogen) atoms. The molecule has 1 nitrogen and oxygen atoms in total. The summed E-state index contributed by atoms with van der Waals surface area (Å²) in [7, 11) is 0. The van der Waals surface area contributed by atoms with E-state index < -0.39 is 0 Å². The van der Waals surface area contributed by atoms with Crippen LogP contribution in [0.25, 0.3) is 0 Å². The fourth-order valence-corrected chi connectivity index (χ4v) is 0. The standard InChI is InChI=1S/C5H12.H3N/c1-5(2,3)4;/h1-4H3;1H3. The van der Waals surface area contributed by atoms with Crippen LogP contribution < -0.4 is 6.15 Å². The van der Waals surface area contributed by atoms with Crippen molar-refractivity contribution in [2.45, 2.75) is 27.7 Å². The molecule has 0 aromatic rings. The van der Waals surface area contributed by atoms with Gasteiger partial charge in [-0.1, -0.05) is 27.7 Å². The molecule has 0 aliphatic rings. The summed E-state index contributed by atoms with van der Waals surface area (Å²) in [5.41, 5.74) is 0.500. The number of hydrogen-bond acceptors (Lipinski definition) is 1. The summed E-state index contributed by atoms with van der Waals surface area (Å²) in [6.45, 7) is 8.75. The van der Waals surface area contributed by atoms with Crippen LogP contribution in [0.5, 0.6) is 0 Å². The highest BCUT2D eigenvalue weighted by Crippen LogP contribution is 2.07. The zero-order chi connectivity index (χ0) is 4.50. The first kappa shape index (κ1) is 9.35. The first-order chi connectivity index (χ1) is 2.00. The molecule has 0 saturated carbocycles. The average Bonchev–Trinajstić information content (AvgIpc) is 0.722. The predicted molar refractivity (Wildman–Crippen MR) is 30.2 cm³/mol. The lowest BCUT2D eigenvalue weighted by atomic mass is 10.0. The molecular weight excluding hydrogens is 74.1 g/mol. The Morgan fingerprint density at radius 2 is 0.833 bits per heavy atom. The van der Waals surface area contributed by atoms with Crippen molar-refractivity contribution in [1.82, 2.24) is 6.15 Å². The summed E-state index contributed by atoms with van der Waals surface area (Å²) in [5, 5.41) is 0. The van der Waals surface area contributed by atoms with Gasteiger partial charge in [0.05, 0.1) is 0 Å². The molecule has 0 radical (unpaired) electrons. The predicted octanol–water partition coefficient (Wildman–Crippen LogP) is 2.21. The summed E-state index contributed by atoms with van der Waals surface area (Å²) in [6.07, 6.45) is 0. The maximum absolute atomic E-state index is 2.19. The minimum atomic E-state index is 0. The molecule has 0 aliphatic heterocycles. The molecule has 0 amide bonds. The van der Waals surface area contributed by atoms with Crippen LogP contribution in [0.15, 0.2) is 0 Å². The van der Waals surface area contributed by atoms with E-state index in [0.29, 0.717) is 5.41 Å². The second kappa shape index (κ2) is 2.19. The molecule has 3 N–H and O–H groups in total. The topological polar surface area (TPSA) is 35.0 Å². The first-order valence-electron chi connectivity index (χ1n) is 2.00. The second-order valence-corrected chi connectivity index (χ2v) is 3.00. The third-order valence-corrected chi connectivity index (χ3v) is 0. The van der Waals surface area contributed by atoms with Crippen LogP contribution in [-0.2, 0) is 0 Å². The molecule has 0 heterocycles. The lowest BCUT2D eigenvalue weighted by molar-refractivity contribution is 0.469. The third-order valence-electron chi connectivity index (χ3n) is 0. The molecule has 0 fully saturated rings. The maximum atomic E-state index is 2.19. The van der Waals surface area contributed by atoms with Crippen molar-refractivity contribution in [3.8, 4) is 0 Å². The van der Waals surface area contributed by atoms with E-state index in [2.05, 4.69) is 27.7 Å². The second-order valence-electron chi connectivity index (χ2n) is 3.00. The van der Waals surface area contributed by atoms with E-state index in [1.54, 1.807) is 0 Å². The van der Waals surface area contributed by atoms with Crippen LogP contribution >= 0.6 is 0 Å². The maximum Gasteiger partial charge on any atom is -0.0411 e. The lowest BCUT2D eigenvalue weighted by Gasteiger charge is -2.05. The summed E-state index contributed by atoms with van der Waals surface area (Å²) in [5.74, 6) is 0. The highest BCUT2D eigenvalue weighted by molar-refractivity contribution is 4.47. The zero-order valence-electron chi connectivity index (χ0n) is 5.21. The van der Waals surface area contributed by atoms with Crippen molar-refractivity contribution in [3.05, 3.63) is 0 Å². The van der Waals surface area contributed by atoms with Crippen molar-refractivity contribution in [2.75, 3.05) is 0 Å². The lowest BCUT2D eigenvalue weighted by Crippen LogP contribution is -1.93. The summed E-state index contributed by atoms with van der Waals surface area (Å²) >= 11 is 0. The van der Waals surface area contributed by atoms with Gasteiger partial charge in [-0.05, 0) is 5.41 Å². The SMILES string of the molecule is CC(C)(C)C.N. The highest BCUT2D eigenvalue weighted by Gasteiger charge is 1.95. The van der Waals surface area contributed by atoms with Gasteiger partial charge in [-0.3, -0.25) is 0 Å². The molecule has 40 valence electrons. The van der Waals surface area contributed by atoms with Gasteiger partial charge in [0.25, 0.3) is 0 Å². The first-order valence-corrected chi connectivity index (χ1v) is 2.00. The van der Waals surface area contributed by atoms with Gasteiger partial charge >= 0.3 is 0 Å². The van der Waals surface area contributed by atoms with Gasteiger partial charge < -0.3 is 6.15 Å². The van der Waals surface area contributed by atoms with E-state index >= 15 is 0 Å². The Morgan fingerprint density at radius 3 is 0.833 bits per heavy atom. The molecule has 0 aliphatic carbocycles. The van der Waals surface area contributed by atoms with Crippen LogP contribution in [0.3, 0.4) is 0 Å². The summed E-state index contributed by atoms with van der Waals surface area (Å²) in [4.78, 5) is 0. The fourth-order valence-electron chi connectivity index (χ4n) is 0. The Bertz CT molecular complexity index is 19.4. The van der Waals surface area contributed by atoms with Gasteiger partial charge in [-0.25, -0.2) is 0 Å². The Hall–Kier alpha value is -0.0400. The Labute approximate surface area is 40.3 Å². The quantitative estimate of drug-likeness (QED) is 0.485. The van der Waals surface area contributed by atoms with Crippen LogP contribution in [0.1, 0.15) is 27.7 Å². The minimum Gasteiger partial charge on any atom is -0.344 e. The molecule has 0 aromatic carbocycles. The van der Waals surface area contributed by atoms with Crippen LogP contribution in [0, 0.1) is 5.41 Å². The van der Waals surface area contributed by atoms with E-state index in [4.69, 9.17) is 0 Å². The van der Waals surface area contributed by atoms with E-state index in [0.717, 1.165) is 0 Å². The van der Waals surface area contributed by atoms with Gasteiger partial charge in [-0.2, -0.15) is 0 Å². The van der Waals surface area contributed by atoms with E-state index in [9.17, 15) is 0 Å². The van der Waals surface area contributed by atoms with Gasteiger partial charge in [0.1, 0.15) is 0 Å². The zero-order valence-corrected chi connectivity index (χ0v) is 5.21. The van der Waals surface area contributed by atoms with Crippen molar-refractivity contribution in [2.24, 2.45) is 5.41 Å². The molecule has 0 aromatic heterocycles. The minimum absolute atomic E-state index is 0. The highest BCUT2D eigenvalue weighted by atomic mass is 14.0. The van der Waals surface area contributed by atoms with Gasteiger partial charge in [0.2, 0.25) is 0 Å². The normalized spacial score (nSPS) is 10.0. The van der Waals surface area contributed by atoms with E-state index in [1.165, 1.54) is 0 Å². The van der Waals surface area contributed by atoms with Gasteiger partial charge in [0, 0.05) is 0 Å². The third kappa shape index (κ3) is 21700. The molecule has 0 unspecified atom stereocenters. The summed E-state index contributed by atoms with van der Waals surface area (Å²) < 4.78 is 0. The molecule has 0 rings (SSSR count). The monoisotopic (exact) mass is 89.1 g/mol. The molecule has 0 spiro atoms. The molecular formula is C5H15N. The number of hydrogen-bond donors (Lipinski definition) is 1. The Balaban J connectivity index is 0. The van der Waals surface area contributed by atoms with E-state index in [-0.39, 0.29) is 6.15 Å².